The SMILES string of the molecule is COc1cccc(CC(NN)C(C(F)(F)F)C(F)(F)F)c1. The highest BCUT2D eigenvalue weighted by atomic mass is 19.4. The molecular formula is C12H14F6N2O. The van der Waals surface area contributed by atoms with Crippen LogP contribution >= 0.6 is 0 Å². The van der Waals surface area contributed by atoms with Gasteiger partial charge in [0.1, 0.15) is 5.75 Å². The first-order valence-electron chi connectivity index (χ1n) is 5.82. The molecule has 1 aromatic rings. The number of benzene rings is 1. The van der Waals surface area contributed by atoms with Crippen molar-refractivity contribution in [2.75, 3.05) is 7.11 Å². The van der Waals surface area contributed by atoms with Gasteiger partial charge < -0.3 is 4.74 Å². The summed E-state index contributed by atoms with van der Waals surface area (Å²) in [7, 11) is 1.34. The zero-order valence-corrected chi connectivity index (χ0v) is 10.9. The van der Waals surface area contributed by atoms with Gasteiger partial charge in [0, 0.05) is 6.04 Å². The summed E-state index contributed by atoms with van der Waals surface area (Å²) in [5, 5.41) is 0. The summed E-state index contributed by atoms with van der Waals surface area (Å²) in [4.78, 5) is 0. The first-order chi connectivity index (χ1) is 9.59. The summed E-state index contributed by atoms with van der Waals surface area (Å²) >= 11 is 0. The molecule has 0 saturated heterocycles. The normalized spacial score (nSPS) is 14.3. The van der Waals surface area contributed by atoms with E-state index in [1.54, 1.807) is 5.43 Å². The zero-order chi connectivity index (χ0) is 16.3. The fourth-order valence-corrected chi connectivity index (χ4v) is 1.97. The van der Waals surface area contributed by atoms with Crippen LogP contribution in [0.5, 0.6) is 5.75 Å². The topological polar surface area (TPSA) is 47.3 Å². The van der Waals surface area contributed by atoms with Crippen LogP contribution in [0.1, 0.15) is 5.56 Å². The van der Waals surface area contributed by atoms with Gasteiger partial charge in [-0.3, -0.25) is 11.3 Å². The number of hydrogen-bond acceptors (Lipinski definition) is 3. The largest absolute Gasteiger partial charge is 0.497 e. The number of methoxy groups -OCH3 is 1. The van der Waals surface area contributed by atoms with Crippen molar-refractivity contribution < 1.29 is 31.1 Å². The predicted octanol–water partition coefficient (Wildman–Crippen LogP) is 2.81. The van der Waals surface area contributed by atoms with Crippen LogP contribution in [0.25, 0.3) is 0 Å². The molecule has 3 nitrogen and oxygen atoms in total. The van der Waals surface area contributed by atoms with Crippen LogP contribution in [0.4, 0.5) is 26.3 Å². The highest BCUT2D eigenvalue weighted by Crippen LogP contribution is 2.42. The van der Waals surface area contributed by atoms with Crippen LogP contribution in [0, 0.1) is 5.92 Å². The van der Waals surface area contributed by atoms with Crippen LogP contribution in [0.2, 0.25) is 0 Å². The average molecular weight is 316 g/mol. The van der Waals surface area contributed by atoms with Gasteiger partial charge in [-0.05, 0) is 24.1 Å². The molecule has 1 unspecified atom stereocenters. The third kappa shape index (κ3) is 4.78. The Morgan fingerprint density at radius 2 is 1.71 bits per heavy atom. The molecule has 0 bridgehead atoms. The fraction of sp³-hybridized carbons (Fsp3) is 0.500. The molecule has 0 aliphatic heterocycles. The number of halogens is 6. The second kappa shape index (κ2) is 6.52. The molecule has 0 aliphatic rings. The van der Waals surface area contributed by atoms with Crippen LogP contribution in [0.15, 0.2) is 24.3 Å². The predicted molar refractivity (Wildman–Crippen MR) is 63.4 cm³/mol. The molecule has 0 spiro atoms. The van der Waals surface area contributed by atoms with E-state index in [9.17, 15) is 26.3 Å². The summed E-state index contributed by atoms with van der Waals surface area (Å²) in [6.45, 7) is 0. The van der Waals surface area contributed by atoms with Gasteiger partial charge in [0.15, 0.2) is 5.92 Å². The molecule has 9 heteroatoms. The minimum Gasteiger partial charge on any atom is -0.497 e. The molecule has 1 atom stereocenters. The van der Waals surface area contributed by atoms with Crippen molar-refractivity contribution >= 4 is 0 Å². The molecule has 0 heterocycles. The van der Waals surface area contributed by atoms with Gasteiger partial charge in [-0.25, -0.2) is 0 Å². The van der Waals surface area contributed by atoms with E-state index in [-0.39, 0.29) is 5.56 Å². The zero-order valence-electron chi connectivity index (χ0n) is 10.9. The number of hydrogen-bond donors (Lipinski definition) is 2. The lowest BCUT2D eigenvalue weighted by Crippen LogP contribution is -2.54. The van der Waals surface area contributed by atoms with E-state index in [0.717, 1.165) is 0 Å². The summed E-state index contributed by atoms with van der Waals surface area (Å²) in [5.74, 6) is 1.68. The van der Waals surface area contributed by atoms with Gasteiger partial charge in [0.05, 0.1) is 7.11 Å². The maximum absolute atomic E-state index is 12.7. The second-order valence-corrected chi connectivity index (χ2v) is 4.39. The van der Waals surface area contributed by atoms with E-state index in [4.69, 9.17) is 10.6 Å². The first-order valence-corrected chi connectivity index (χ1v) is 5.82. The Bertz CT molecular complexity index is 446. The van der Waals surface area contributed by atoms with Gasteiger partial charge in [0.25, 0.3) is 0 Å². The number of nitrogens with two attached hydrogens (primary N) is 1. The molecule has 1 rings (SSSR count). The molecule has 0 aromatic heterocycles. The average Bonchev–Trinajstić information content (AvgIpc) is 2.34. The van der Waals surface area contributed by atoms with Crippen LogP contribution < -0.4 is 16.0 Å². The van der Waals surface area contributed by atoms with Crippen molar-refractivity contribution in [3.63, 3.8) is 0 Å². The smallest absolute Gasteiger partial charge is 0.402 e. The van der Waals surface area contributed by atoms with Crippen molar-refractivity contribution in [1.29, 1.82) is 0 Å². The second-order valence-electron chi connectivity index (χ2n) is 4.39. The van der Waals surface area contributed by atoms with E-state index >= 15 is 0 Å². The van der Waals surface area contributed by atoms with E-state index in [2.05, 4.69) is 0 Å². The molecule has 0 aliphatic carbocycles. The highest BCUT2D eigenvalue weighted by molar-refractivity contribution is 5.29. The van der Waals surface area contributed by atoms with E-state index < -0.39 is 30.7 Å². The Morgan fingerprint density at radius 3 is 2.14 bits per heavy atom. The lowest BCUT2D eigenvalue weighted by molar-refractivity contribution is -0.291. The van der Waals surface area contributed by atoms with Gasteiger partial charge in [-0.2, -0.15) is 26.3 Å². The molecule has 0 saturated carbocycles. The van der Waals surface area contributed by atoms with Crippen molar-refractivity contribution in [3.05, 3.63) is 29.8 Å². The monoisotopic (exact) mass is 316 g/mol. The molecule has 0 fully saturated rings. The Kier molecular flexibility index (Phi) is 5.46. The van der Waals surface area contributed by atoms with Gasteiger partial charge in [-0.15, -0.1) is 0 Å². The van der Waals surface area contributed by atoms with Crippen molar-refractivity contribution in [3.8, 4) is 5.75 Å². The minimum absolute atomic E-state index is 0.246. The van der Waals surface area contributed by atoms with Gasteiger partial charge >= 0.3 is 12.4 Å². The lowest BCUT2D eigenvalue weighted by Gasteiger charge is -2.30. The molecule has 0 amide bonds. The van der Waals surface area contributed by atoms with Crippen molar-refractivity contribution in [2.24, 2.45) is 11.8 Å². The van der Waals surface area contributed by atoms with Crippen molar-refractivity contribution in [2.45, 2.75) is 24.8 Å². The summed E-state index contributed by atoms with van der Waals surface area (Å²) in [6, 6.07) is 3.72. The minimum atomic E-state index is -5.45. The number of rotatable bonds is 5. The van der Waals surface area contributed by atoms with Gasteiger partial charge in [-0.1, -0.05) is 12.1 Å². The third-order valence-corrected chi connectivity index (χ3v) is 2.91. The Balaban J connectivity index is 3.04. The van der Waals surface area contributed by atoms with Crippen LogP contribution in [-0.2, 0) is 6.42 Å². The Labute approximate surface area is 117 Å². The fourth-order valence-electron chi connectivity index (χ4n) is 1.97. The lowest BCUT2D eigenvalue weighted by atomic mass is 9.92. The van der Waals surface area contributed by atoms with E-state index in [0.29, 0.717) is 5.75 Å². The molecule has 21 heavy (non-hydrogen) atoms. The first kappa shape index (κ1) is 17.6. The third-order valence-electron chi connectivity index (χ3n) is 2.91. The molecule has 3 N–H and O–H groups in total. The standard InChI is InChI=1S/C12H14F6N2O/c1-21-8-4-2-3-7(5-8)6-9(20-19)10(11(13,14)15)12(16,17)18/h2-5,9-10,20H,6,19H2,1H3. The quantitative estimate of drug-likeness (QED) is 0.499. The number of ether oxygens (including phenoxy) is 1. The van der Waals surface area contributed by atoms with Crippen LogP contribution in [-0.4, -0.2) is 25.5 Å². The summed E-state index contributed by atoms with van der Waals surface area (Å²) < 4.78 is 80.8. The number of hydrazine groups is 1. The van der Waals surface area contributed by atoms with Crippen LogP contribution in [0.3, 0.4) is 0 Å². The number of nitrogens with one attached hydrogen (secondary N) is 1. The maximum atomic E-state index is 12.7. The van der Waals surface area contributed by atoms with Crippen molar-refractivity contribution in [1.82, 2.24) is 5.43 Å². The molecule has 120 valence electrons. The molecule has 0 radical (unpaired) electrons. The Morgan fingerprint density at radius 1 is 1.14 bits per heavy atom. The number of alkyl halides is 6. The summed E-state index contributed by atoms with van der Waals surface area (Å²) in [6.07, 6.45) is -11.4. The Hall–Kier alpha value is -1.48. The highest BCUT2D eigenvalue weighted by Gasteiger charge is 2.59. The molecular weight excluding hydrogens is 302 g/mol. The maximum Gasteiger partial charge on any atom is 0.402 e. The van der Waals surface area contributed by atoms with E-state index in [1.807, 2.05) is 0 Å². The molecule has 1 aromatic carbocycles. The van der Waals surface area contributed by atoms with E-state index in [1.165, 1.54) is 31.4 Å². The summed E-state index contributed by atoms with van der Waals surface area (Å²) in [5.41, 5.74) is 1.87. The van der Waals surface area contributed by atoms with Gasteiger partial charge in [0.2, 0.25) is 0 Å².